The van der Waals surface area contributed by atoms with Gasteiger partial charge in [0.1, 0.15) is 0 Å². The van der Waals surface area contributed by atoms with Crippen molar-refractivity contribution in [1.82, 2.24) is 9.97 Å². The van der Waals surface area contributed by atoms with Crippen molar-refractivity contribution in [3.63, 3.8) is 0 Å². The third-order valence-corrected chi connectivity index (χ3v) is 5.78. The Hall–Kier alpha value is -3.98. The van der Waals surface area contributed by atoms with Crippen LogP contribution in [-0.4, -0.2) is 15.1 Å². The van der Waals surface area contributed by atoms with Gasteiger partial charge in [-0.15, -0.1) is 0 Å². The Morgan fingerprint density at radius 3 is 2.28 bits per heavy atom. The van der Waals surface area contributed by atoms with Gasteiger partial charge in [-0.25, -0.2) is 9.97 Å². The summed E-state index contributed by atoms with van der Waals surface area (Å²) >= 11 is 0. The Labute approximate surface area is 188 Å². The average molecular weight is 416 g/mol. The van der Waals surface area contributed by atoms with E-state index in [1.54, 1.807) is 6.20 Å². The van der Waals surface area contributed by atoms with Gasteiger partial charge in [0.05, 0.1) is 16.6 Å². The fourth-order valence-corrected chi connectivity index (χ4v) is 4.02. The van der Waals surface area contributed by atoms with Gasteiger partial charge in [0, 0.05) is 22.9 Å². The molecule has 0 saturated heterocycles. The highest BCUT2D eigenvalue weighted by Gasteiger charge is 2.17. The average Bonchev–Trinajstić information content (AvgIpc) is 2.85. The minimum Gasteiger partial charge on any atom is -0.493 e. The third-order valence-electron chi connectivity index (χ3n) is 5.78. The van der Waals surface area contributed by atoms with Gasteiger partial charge in [-0.1, -0.05) is 92.7 Å². The quantitative estimate of drug-likeness (QED) is 0.336. The molecule has 2 heterocycles. The van der Waals surface area contributed by atoms with Gasteiger partial charge in [0.2, 0.25) is 5.88 Å². The summed E-state index contributed by atoms with van der Waals surface area (Å²) in [6, 6.07) is 31.5. The zero-order valence-corrected chi connectivity index (χ0v) is 18.1. The highest BCUT2D eigenvalue weighted by atomic mass is 16.3. The number of fused-ring (bicyclic) bond motifs is 1. The van der Waals surface area contributed by atoms with Crippen molar-refractivity contribution in [2.45, 2.75) is 19.8 Å². The van der Waals surface area contributed by atoms with E-state index in [0.29, 0.717) is 11.3 Å². The second-order valence-corrected chi connectivity index (χ2v) is 8.21. The molecule has 0 fully saturated rings. The first-order valence-corrected chi connectivity index (χ1v) is 10.8. The highest BCUT2D eigenvalue weighted by Crippen LogP contribution is 2.39. The molecule has 0 bridgehead atoms. The largest absolute Gasteiger partial charge is 0.493 e. The number of nitrogens with zero attached hydrogens (tertiary/aromatic N) is 2. The molecule has 3 heteroatoms. The van der Waals surface area contributed by atoms with Gasteiger partial charge < -0.3 is 5.11 Å². The predicted molar refractivity (Wildman–Crippen MR) is 130 cm³/mol. The van der Waals surface area contributed by atoms with Crippen LogP contribution in [0.25, 0.3) is 44.4 Å². The normalized spacial score (nSPS) is 11.2. The SMILES string of the molecule is CC(C)c1cccc(-c2cnc(O)c3cc(-c4ccccc4)c(-c4cc[c]cc4)nc23)c1. The topological polar surface area (TPSA) is 46.0 Å². The maximum atomic E-state index is 10.7. The summed E-state index contributed by atoms with van der Waals surface area (Å²) in [5.74, 6) is 0.404. The fraction of sp³-hybridized carbons (Fsp3) is 0.103. The number of rotatable bonds is 4. The first-order valence-electron chi connectivity index (χ1n) is 10.8. The van der Waals surface area contributed by atoms with Gasteiger partial charge in [-0.3, -0.25) is 0 Å². The maximum absolute atomic E-state index is 10.7. The Kier molecular flexibility index (Phi) is 5.16. The van der Waals surface area contributed by atoms with Crippen molar-refractivity contribution >= 4 is 10.9 Å². The molecule has 1 radical (unpaired) electrons. The molecule has 32 heavy (non-hydrogen) atoms. The van der Waals surface area contributed by atoms with Crippen molar-refractivity contribution in [1.29, 1.82) is 0 Å². The summed E-state index contributed by atoms with van der Waals surface area (Å²) < 4.78 is 0. The third kappa shape index (κ3) is 3.63. The Bertz CT molecular complexity index is 1390. The van der Waals surface area contributed by atoms with E-state index >= 15 is 0 Å². The van der Waals surface area contributed by atoms with Crippen LogP contribution in [0.15, 0.2) is 91.1 Å². The van der Waals surface area contributed by atoms with Crippen LogP contribution in [0, 0.1) is 6.07 Å². The first kappa shape index (κ1) is 20.0. The van der Waals surface area contributed by atoms with Crippen LogP contribution in [-0.2, 0) is 0 Å². The van der Waals surface area contributed by atoms with Gasteiger partial charge >= 0.3 is 0 Å². The molecule has 155 valence electrons. The Morgan fingerprint density at radius 2 is 1.53 bits per heavy atom. The molecule has 2 aromatic heterocycles. The summed E-state index contributed by atoms with van der Waals surface area (Å²) in [6.07, 6.45) is 1.72. The molecule has 0 amide bonds. The van der Waals surface area contributed by atoms with E-state index in [1.165, 1.54) is 5.56 Å². The predicted octanol–water partition coefficient (Wildman–Crippen LogP) is 7.26. The minimum absolute atomic E-state index is 0.0126. The number of hydrogen-bond donors (Lipinski definition) is 1. The zero-order valence-electron chi connectivity index (χ0n) is 18.1. The molecular formula is C29H23N2O. The Morgan fingerprint density at radius 1 is 0.781 bits per heavy atom. The Balaban J connectivity index is 1.83. The molecular weight excluding hydrogens is 392 g/mol. The van der Waals surface area contributed by atoms with Crippen molar-refractivity contribution < 1.29 is 5.11 Å². The monoisotopic (exact) mass is 415 g/mol. The molecule has 0 aliphatic rings. The van der Waals surface area contributed by atoms with E-state index in [9.17, 15) is 5.11 Å². The molecule has 0 spiro atoms. The van der Waals surface area contributed by atoms with E-state index < -0.39 is 0 Å². The lowest BCUT2D eigenvalue weighted by molar-refractivity contribution is 0.460. The summed E-state index contributed by atoms with van der Waals surface area (Å²) in [5.41, 5.74) is 7.80. The van der Waals surface area contributed by atoms with Crippen molar-refractivity contribution in [3.05, 3.63) is 103 Å². The molecule has 3 nitrogen and oxygen atoms in total. The van der Waals surface area contributed by atoms with Crippen LogP contribution in [0.3, 0.4) is 0 Å². The molecule has 1 N–H and O–H groups in total. The molecule has 0 atom stereocenters. The minimum atomic E-state index is -0.0126. The van der Waals surface area contributed by atoms with Gasteiger partial charge in [0.25, 0.3) is 0 Å². The molecule has 5 rings (SSSR count). The highest BCUT2D eigenvalue weighted by molar-refractivity contribution is 6.00. The van der Waals surface area contributed by atoms with Crippen LogP contribution in [0.5, 0.6) is 5.88 Å². The van der Waals surface area contributed by atoms with E-state index in [0.717, 1.165) is 39.0 Å². The van der Waals surface area contributed by atoms with Crippen LogP contribution < -0.4 is 0 Å². The second kappa shape index (κ2) is 8.27. The van der Waals surface area contributed by atoms with Gasteiger partial charge in [-0.05, 0) is 34.7 Å². The van der Waals surface area contributed by atoms with Gasteiger partial charge in [-0.2, -0.15) is 0 Å². The maximum Gasteiger partial charge on any atom is 0.220 e. The lowest BCUT2D eigenvalue weighted by Gasteiger charge is -2.15. The van der Waals surface area contributed by atoms with E-state index in [1.807, 2.05) is 48.5 Å². The molecule has 3 aromatic carbocycles. The van der Waals surface area contributed by atoms with Crippen molar-refractivity contribution in [3.8, 4) is 39.4 Å². The summed E-state index contributed by atoms with van der Waals surface area (Å²) in [7, 11) is 0. The van der Waals surface area contributed by atoms with Crippen LogP contribution in [0.4, 0.5) is 0 Å². The number of hydrogen-bond acceptors (Lipinski definition) is 3. The standard InChI is InChI=1S/C29H23N2O/c1-19(2)22-14-9-15-23(16-22)26-18-30-29(32)25-17-24(20-10-5-3-6-11-20)27(31-28(25)26)21-12-7-4-8-13-21/h3,5-19H,1-2H3,(H,30,32). The van der Waals surface area contributed by atoms with Crippen LogP contribution in [0.1, 0.15) is 25.3 Å². The number of aromatic nitrogens is 2. The summed E-state index contributed by atoms with van der Waals surface area (Å²) in [4.78, 5) is 9.43. The smallest absolute Gasteiger partial charge is 0.220 e. The summed E-state index contributed by atoms with van der Waals surface area (Å²) in [5, 5.41) is 11.3. The first-order chi connectivity index (χ1) is 15.6. The van der Waals surface area contributed by atoms with Gasteiger partial charge in [0.15, 0.2) is 0 Å². The molecule has 0 aliphatic carbocycles. The van der Waals surface area contributed by atoms with E-state index in [-0.39, 0.29) is 5.88 Å². The fourth-order valence-electron chi connectivity index (χ4n) is 4.02. The van der Waals surface area contributed by atoms with E-state index in [4.69, 9.17) is 4.98 Å². The number of benzene rings is 3. The number of aromatic hydroxyl groups is 1. The van der Waals surface area contributed by atoms with Crippen molar-refractivity contribution in [2.24, 2.45) is 0 Å². The van der Waals surface area contributed by atoms with E-state index in [2.05, 4.69) is 61.3 Å². The zero-order chi connectivity index (χ0) is 22.1. The molecule has 5 aromatic rings. The summed E-state index contributed by atoms with van der Waals surface area (Å²) in [6.45, 7) is 4.36. The van der Waals surface area contributed by atoms with Crippen LogP contribution in [0.2, 0.25) is 0 Å². The second-order valence-electron chi connectivity index (χ2n) is 8.21. The molecule has 0 aliphatic heterocycles. The lowest BCUT2D eigenvalue weighted by Crippen LogP contribution is -1.95. The molecule has 0 saturated carbocycles. The number of pyridine rings is 2. The van der Waals surface area contributed by atoms with Crippen molar-refractivity contribution in [2.75, 3.05) is 0 Å². The lowest BCUT2D eigenvalue weighted by atomic mass is 9.94. The van der Waals surface area contributed by atoms with Crippen LogP contribution >= 0.6 is 0 Å². The molecule has 0 unspecified atom stereocenters.